The highest BCUT2D eigenvalue weighted by molar-refractivity contribution is 9.10. The van der Waals surface area contributed by atoms with Gasteiger partial charge in [-0.05, 0) is 49.2 Å². The van der Waals surface area contributed by atoms with Gasteiger partial charge < -0.3 is 4.90 Å². The normalized spacial score (nSPS) is 18.3. The standard InChI is InChI=1S/C19H20BrFN2O3S/c1-22(18-7-3-2-6-17(18)21)19(24)14-5-4-12-23(13-14)27(25,26)16-10-8-15(20)9-11-16/h2-3,6-11,14H,4-5,12-13H2,1H3. The number of amides is 1. The average molecular weight is 455 g/mol. The summed E-state index contributed by atoms with van der Waals surface area (Å²) < 4.78 is 41.9. The van der Waals surface area contributed by atoms with E-state index < -0.39 is 21.8 Å². The van der Waals surface area contributed by atoms with E-state index in [9.17, 15) is 17.6 Å². The number of carbonyl (C=O) groups is 1. The molecule has 1 atom stereocenters. The SMILES string of the molecule is CN(C(=O)C1CCCN(S(=O)(=O)c2ccc(Br)cc2)C1)c1ccccc1F. The molecule has 1 unspecified atom stereocenters. The van der Waals surface area contributed by atoms with E-state index in [1.807, 2.05) is 0 Å². The zero-order valence-corrected chi connectivity index (χ0v) is 17.2. The average Bonchev–Trinajstić information content (AvgIpc) is 2.67. The number of sulfonamides is 1. The molecule has 0 spiro atoms. The molecule has 1 saturated heterocycles. The first-order chi connectivity index (χ1) is 12.8. The second-order valence-corrected chi connectivity index (χ2v) is 9.36. The number of anilines is 1. The number of rotatable bonds is 4. The third-order valence-electron chi connectivity index (χ3n) is 4.73. The van der Waals surface area contributed by atoms with Gasteiger partial charge in [-0.15, -0.1) is 0 Å². The maximum Gasteiger partial charge on any atom is 0.243 e. The van der Waals surface area contributed by atoms with E-state index in [2.05, 4.69) is 15.9 Å². The van der Waals surface area contributed by atoms with Crippen LogP contribution in [0.1, 0.15) is 12.8 Å². The molecule has 144 valence electrons. The summed E-state index contributed by atoms with van der Waals surface area (Å²) in [5.74, 6) is -1.27. The minimum absolute atomic E-state index is 0.0933. The number of nitrogens with zero attached hydrogens (tertiary/aromatic N) is 2. The molecule has 0 aliphatic carbocycles. The Labute approximate surface area is 167 Å². The third-order valence-corrected chi connectivity index (χ3v) is 7.14. The number of carbonyl (C=O) groups excluding carboxylic acids is 1. The highest BCUT2D eigenvalue weighted by Gasteiger charge is 2.35. The Morgan fingerprint density at radius 3 is 2.52 bits per heavy atom. The predicted molar refractivity (Wildman–Crippen MR) is 105 cm³/mol. The van der Waals surface area contributed by atoms with E-state index in [0.717, 1.165) is 4.47 Å². The van der Waals surface area contributed by atoms with Crippen molar-refractivity contribution < 1.29 is 17.6 Å². The van der Waals surface area contributed by atoms with Crippen LogP contribution in [-0.2, 0) is 14.8 Å². The molecule has 1 aliphatic rings. The number of benzene rings is 2. The topological polar surface area (TPSA) is 57.7 Å². The lowest BCUT2D eigenvalue weighted by Gasteiger charge is -2.33. The maximum absolute atomic E-state index is 14.0. The van der Waals surface area contributed by atoms with Crippen LogP contribution in [-0.4, -0.2) is 38.8 Å². The first kappa shape index (κ1) is 20.0. The van der Waals surface area contributed by atoms with Crippen LogP contribution in [0.2, 0.25) is 0 Å². The Morgan fingerprint density at radius 2 is 1.85 bits per heavy atom. The number of halogens is 2. The van der Waals surface area contributed by atoms with Crippen molar-refractivity contribution in [3.8, 4) is 0 Å². The van der Waals surface area contributed by atoms with E-state index in [4.69, 9.17) is 0 Å². The largest absolute Gasteiger partial charge is 0.313 e. The summed E-state index contributed by atoms with van der Waals surface area (Å²) in [5.41, 5.74) is 0.190. The van der Waals surface area contributed by atoms with Gasteiger partial charge in [-0.3, -0.25) is 4.79 Å². The Balaban J connectivity index is 1.78. The fourth-order valence-corrected chi connectivity index (χ4v) is 5.02. The van der Waals surface area contributed by atoms with E-state index in [0.29, 0.717) is 19.4 Å². The molecule has 8 heteroatoms. The van der Waals surface area contributed by atoms with Crippen molar-refractivity contribution in [1.82, 2.24) is 4.31 Å². The highest BCUT2D eigenvalue weighted by Crippen LogP contribution is 2.27. The van der Waals surface area contributed by atoms with E-state index in [1.165, 1.54) is 40.5 Å². The van der Waals surface area contributed by atoms with E-state index in [1.54, 1.807) is 24.3 Å². The van der Waals surface area contributed by atoms with Gasteiger partial charge in [-0.1, -0.05) is 28.1 Å². The zero-order chi connectivity index (χ0) is 19.6. The molecule has 0 radical (unpaired) electrons. The van der Waals surface area contributed by atoms with Crippen molar-refractivity contribution in [2.24, 2.45) is 5.92 Å². The fraction of sp³-hybridized carbons (Fsp3) is 0.316. The van der Waals surface area contributed by atoms with Crippen LogP contribution in [0.3, 0.4) is 0 Å². The molecule has 0 saturated carbocycles. The molecule has 0 aromatic heterocycles. The lowest BCUT2D eigenvalue weighted by atomic mass is 9.98. The van der Waals surface area contributed by atoms with Crippen molar-refractivity contribution in [2.45, 2.75) is 17.7 Å². The quantitative estimate of drug-likeness (QED) is 0.708. The number of piperidine rings is 1. The van der Waals surface area contributed by atoms with Crippen molar-refractivity contribution in [2.75, 3.05) is 25.0 Å². The van der Waals surface area contributed by atoms with Gasteiger partial charge in [0.2, 0.25) is 15.9 Å². The van der Waals surface area contributed by atoms with Crippen molar-refractivity contribution in [3.63, 3.8) is 0 Å². The molecule has 3 rings (SSSR count). The summed E-state index contributed by atoms with van der Waals surface area (Å²) >= 11 is 3.29. The number of hydrogen-bond acceptors (Lipinski definition) is 3. The summed E-state index contributed by atoms with van der Waals surface area (Å²) in [6, 6.07) is 12.5. The molecule has 1 aliphatic heterocycles. The van der Waals surface area contributed by atoms with Gasteiger partial charge in [0.05, 0.1) is 16.5 Å². The molecule has 1 amide bonds. The Hall–Kier alpha value is -1.77. The highest BCUT2D eigenvalue weighted by atomic mass is 79.9. The number of hydrogen-bond donors (Lipinski definition) is 0. The second-order valence-electron chi connectivity index (χ2n) is 6.50. The zero-order valence-electron chi connectivity index (χ0n) is 14.8. The van der Waals surface area contributed by atoms with E-state index >= 15 is 0 Å². The summed E-state index contributed by atoms with van der Waals surface area (Å²) in [7, 11) is -2.16. The maximum atomic E-state index is 14.0. The minimum Gasteiger partial charge on any atom is -0.313 e. The molecule has 0 N–H and O–H groups in total. The van der Waals surface area contributed by atoms with E-state index in [-0.39, 0.29) is 23.0 Å². The first-order valence-corrected chi connectivity index (χ1v) is 10.8. The van der Waals surface area contributed by atoms with Crippen LogP contribution in [0, 0.1) is 11.7 Å². The van der Waals surface area contributed by atoms with Crippen LogP contribution < -0.4 is 4.90 Å². The van der Waals surface area contributed by atoms with Gasteiger partial charge in [0.25, 0.3) is 0 Å². The number of para-hydroxylation sites is 1. The molecule has 0 bridgehead atoms. The van der Waals surface area contributed by atoms with Crippen LogP contribution in [0.15, 0.2) is 57.9 Å². The van der Waals surface area contributed by atoms with Gasteiger partial charge in [0, 0.05) is 24.6 Å². The van der Waals surface area contributed by atoms with Crippen LogP contribution in [0.5, 0.6) is 0 Å². The van der Waals surface area contributed by atoms with Crippen molar-refractivity contribution in [3.05, 3.63) is 58.8 Å². The van der Waals surface area contributed by atoms with Gasteiger partial charge in [0.15, 0.2) is 0 Å². The minimum atomic E-state index is -3.68. The van der Waals surface area contributed by atoms with Crippen LogP contribution >= 0.6 is 15.9 Å². The van der Waals surface area contributed by atoms with Gasteiger partial charge in [-0.25, -0.2) is 12.8 Å². The van der Waals surface area contributed by atoms with Crippen molar-refractivity contribution >= 4 is 37.5 Å². The third kappa shape index (κ3) is 4.23. The molecule has 2 aromatic carbocycles. The molecular weight excluding hydrogens is 435 g/mol. The van der Waals surface area contributed by atoms with Crippen LogP contribution in [0.25, 0.3) is 0 Å². The first-order valence-electron chi connectivity index (χ1n) is 8.58. The molecule has 5 nitrogen and oxygen atoms in total. The Morgan fingerprint density at radius 1 is 1.19 bits per heavy atom. The van der Waals surface area contributed by atoms with Gasteiger partial charge in [0.1, 0.15) is 5.82 Å². The van der Waals surface area contributed by atoms with Gasteiger partial charge >= 0.3 is 0 Å². The van der Waals surface area contributed by atoms with Crippen molar-refractivity contribution in [1.29, 1.82) is 0 Å². The monoisotopic (exact) mass is 454 g/mol. The molecular formula is C19H20BrFN2O3S. The second kappa shape index (κ2) is 8.08. The molecule has 2 aromatic rings. The summed E-state index contributed by atoms with van der Waals surface area (Å²) in [6.45, 7) is 0.460. The smallest absolute Gasteiger partial charge is 0.243 e. The summed E-state index contributed by atoms with van der Waals surface area (Å²) in [6.07, 6.45) is 1.15. The molecule has 27 heavy (non-hydrogen) atoms. The molecule has 1 fully saturated rings. The lowest BCUT2D eigenvalue weighted by molar-refractivity contribution is -0.123. The van der Waals surface area contributed by atoms with Gasteiger partial charge in [-0.2, -0.15) is 4.31 Å². The lowest BCUT2D eigenvalue weighted by Crippen LogP contribution is -2.46. The fourth-order valence-electron chi connectivity index (χ4n) is 3.23. The summed E-state index contributed by atoms with van der Waals surface area (Å²) in [5, 5.41) is 0. The Kier molecular flexibility index (Phi) is 5.98. The summed E-state index contributed by atoms with van der Waals surface area (Å²) in [4.78, 5) is 14.3. The predicted octanol–water partition coefficient (Wildman–Crippen LogP) is 3.65. The molecule has 1 heterocycles. The Bertz CT molecular complexity index is 934. The van der Waals surface area contributed by atoms with Crippen LogP contribution in [0.4, 0.5) is 10.1 Å².